The van der Waals surface area contributed by atoms with Crippen molar-refractivity contribution < 1.29 is 9.90 Å². The highest BCUT2D eigenvalue weighted by Crippen LogP contribution is 2.27. The summed E-state index contributed by atoms with van der Waals surface area (Å²) in [7, 11) is 3.94. The average Bonchev–Trinajstić information content (AvgIpc) is 2.60. The standard InChI is InChI=1S/C21H21N5O2/c1-5-14-6-16-11-22-21(25-20(16)19(28)9-14)24-18-8-15(12-26(3)4)7-17(10-18)23-13(2)27/h1,6-11,28H,12H2,2-4H3,(H,23,27)(H,22,24,25). The molecule has 0 aliphatic heterocycles. The van der Waals surface area contributed by atoms with Gasteiger partial charge in [-0.15, -0.1) is 6.42 Å². The van der Waals surface area contributed by atoms with E-state index in [0.717, 1.165) is 11.3 Å². The van der Waals surface area contributed by atoms with Crippen molar-refractivity contribution in [3.8, 4) is 18.1 Å². The maximum Gasteiger partial charge on any atom is 0.227 e. The number of phenolic OH excluding ortho intramolecular Hbond substituents is 1. The smallest absolute Gasteiger partial charge is 0.227 e. The molecule has 0 aliphatic carbocycles. The normalized spacial score (nSPS) is 10.7. The van der Waals surface area contributed by atoms with E-state index in [1.807, 2.05) is 31.1 Å². The van der Waals surface area contributed by atoms with Gasteiger partial charge in [-0.25, -0.2) is 9.97 Å². The summed E-state index contributed by atoms with van der Waals surface area (Å²) in [6.45, 7) is 2.17. The number of aromatic nitrogens is 2. The van der Waals surface area contributed by atoms with Gasteiger partial charge in [0.05, 0.1) is 0 Å². The van der Waals surface area contributed by atoms with Crippen molar-refractivity contribution in [1.82, 2.24) is 14.9 Å². The van der Waals surface area contributed by atoms with Gasteiger partial charge in [-0.1, -0.05) is 5.92 Å². The molecule has 28 heavy (non-hydrogen) atoms. The summed E-state index contributed by atoms with van der Waals surface area (Å²) in [4.78, 5) is 22.2. The first-order valence-corrected chi connectivity index (χ1v) is 8.64. The van der Waals surface area contributed by atoms with Crippen molar-refractivity contribution in [2.24, 2.45) is 0 Å². The Labute approximate surface area is 163 Å². The van der Waals surface area contributed by atoms with Crippen molar-refractivity contribution >= 4 is 34.1 Å². The first-order valence-electron chi connectivity index (χ1n) is 8.64. The van der Waals surface area contributed by atoms with Crippen LogP contribution in [0.5, 0.6) is 5.75 Å². The molecule has 1 heterocycles. The van der Waals surface area contributed by atoms with Crippen LogP contribution in [0.4, 0.5) is 17.3 Å². The molecule has 0 saturated heterocycles. The van der Waals surface area contributed by atoms with Crippen LogP contribution in [-0.2, 0) is 11.3 Å². The third kappa shape index (κ3) is 4.55. The number of carbonyl (C=O) groups excluding carboxylic acids is 1. The van der Waals surface area contributed by atoms with Gasteiger partial charge in [0.2, 0.25) is 11.9 Å². The minimum Gasteiger partial charge on any atom is -0.506 e. The second-order valence-corrected chi connectivity index (χ2v) is 6.73. The lowest BCUT2D eigenvalue weighted by atomic mass is 10.1. The topological polar surface area (TPSA) is 90.4 Å². The molecule has 0 saturated carbocycles. The van der Waals surface area contributed by atoms with Crippen molar-refractivity contribution in [3.63, 3.8) is 0 Å². The number of carbonyl (C=O) groups is 1. The van der Waals surface area contributed by atoms with Crippen molar-refractivity contribution in [3.05, 3.63) is 47.7 Å². The lowest BCUT2D eigenvalue weighted by Gasteiger charge is -2.14. The number of benzene rings is 2. The summed E-state index contributed by atoms with van der Waals surface area (Å²) in [6, 6.07) is 8.91. The van der Waals surface area contributed by atoms with Gasteiger partial charge in [0.15, 0.2) is 0 Å². The van der Waals surface area contributed by atoms with Crippen LogP contribution >= 0.6 is 0 Å². The second-order valence-electron chi connectivity index (χ2n) is 6.73. The number of hydrogen-bond acceptors (Lipinski definition) is 6. The van der Waals surface area contributed by atoms with Crippen LogP contribution in [0.15, 0.2) is 36.5 Å². The lowest BCUT2D eigenvalue weighted by Crippen LogP contribution is -2.12. The summed E-state index contributed by atoms with van der Waals surface area (Å²) in [5.74, 6) is 2.66. The van der Waals surface area contributed by atoms with Crippen LogP contribution in [0, 0.1) is 12.3 Å². The Bertz CT molecular complexity index is 1090. The zero-order chi connectivity index (χ0) is 20.3. The number of amides is 1. The van der Waals surface area contributed by atoms with Gasteiger partial charge in [-0.2, -0.15) is 0 Å². The van der Waals surface area contributed by atoms with E-state index in [-0.39, 0.29) is 11.7 Å². The number of anilines is 3. The molecular weight excluding hydrogens is 354 g/mol. The molecule has 0 bridgehead atoms. The fraction of sp³-hybridized carbons (Fsp3) is 0.190. The molecule has 0 unspecified atom stereocenters. The predicted octanol–water partition coefficient (Wildman–Crippen LogP) is 3.08. The minimum absolute atomic E-state index is 0.00352. The summed E-state index contributed by atoms with van der Waals surface area (Å²) in [5.41, 5.74) is 3.38. The van der Waals surface area contributed by atoms with E-state index < -0.39 is 0 Å². The summed E-state index contributed by atoms with van der Waals surface area (Å²) in [5, 5.41) is 16.8. The molecule has 0 aliphatic rings. The van der Waals surface area contributed by atoms with Crippen LogP contribution < -0.4 is 10.6 Å². The molecule has 2 aromatic carbocycles. The van der Waals surface area contributed by atoms with Crippen molar-refractivity contribution in [1.29, 1.82) is 0 Å². The number of hydrogen-bond donors (Lipinski definition) is 3. The van der Waals surface area contributed by atoms with E-state index in [0.29, 0.717) is 34.6 Å². The van der Waals surface area contributed by atoms with Crippen LogP contribution in [0.25, 0.3) is 10.9 Å². The Hall–Kier alpha value is -3.63. The fourth-order valence-corrected chi connectivity index (χ4v) is 2.90. The minimum atomic E-state index is -0.149. The highest BCUT2D eigenvalue weighted by atomic mass is 16.3. The van der Waals surface area contributed by atoms with Gasteiger partial charge in [-0.3, -0.25) is 4.79 Å². The molecule has 3 N–H and O–H groups in total. The third-order valence-corrected chi connectivity index (χ3v) is 3.90. The molecule has 0 spiro atoms. The Kier molecular flexibility index (Phi) is 5.43. The van der Waals surface area contributed by atoms with Gasteiger partial charge < -0.3 is 20.6 Å². The first-order chi connectivity index (χ1) is 13.3. The number of aromatic hydroxyl groups is 1. The molecule has 0 radical (unpaired) electrons. The number of nitrogens with one attached hydrogen (secondary N) is 2. The van der Waals surface area contributed by atoms with Gasteiger partial charge in [0, 0.05) is 42.0 Å². The Morgan fingerprint density at radius 1 is 1.21 bits per heavy atom. The first kappa shape index (κ1) is 19.1. The highest BCUT2D eigenvalue weighted by molar-refractivity contribution is 5.90. The number of fused-ring (bicyclic) bond motifs is 1. The van der Waals surface area contributed by atoms with Gasteiger partial charge in [0.25, 0.3) is 0 Å². The Morgan fingerprint density at radius 3 is 2.64 bits per heavy atom. The number of nitrogens with zero attached hydrogens (tertiary/aromatic N) is 3. The van der Waals surface area contributed by atoms with Crippen LogP contribution in [-0.4, -0.2) is 40.0 Å². The zero-order valence-electron chi connectivity index (χ0n) is 15.9. The zero-order valence-corrected chi connectivity index (χ0v) is 15.9. The van der Waals surface area contributed by atoms with E-state index >= 15 is 0 Å². The quantitative estimate of drug-likeness (QED) is 0.594. The van der Waals surface area contributed by atoms with Crippen LogP contribution in [0.2, 0.25) is 0 Å². The van der Waals surface area contributed by atoms with Gasteiger partial charge in [-0.05, 0) is 50.0 Å². The maximum atomic E-state index is 11.4. The van der Waals surface area contributed by atoms with Crippen LogP contribution in [0.3, 0.4) is 0 Å². The summed E-state index contributed by atoms with van der Waals surface area (Å²) in [6.07, 6.45) is 6.99. The van der Waals surface area contributed by atoms with E-state index in [9.17, 15) is 9.90 Å². The molecule has 0 fully saturated rings. The van der Waals surface area contributed by atoms with Crippen molar-refractivity contribution in [2.75, 3.05) is 24.7 Å². The molecule has 1 amide bonds. The molecule has 0 atom stereocenters. The average molecular weight is 375 g/mol. The molecule has 1 aromatic heterocycles. The Morgan fingerprint density at radius 2 is 1.96 bits per heavy atom. The summed E-state index contributed by atoms with van der Waals surface area (Å²) >= 11 is 0. The number of rotatable bonds is 5. The van der Waals surface area contributed by atoms with E-state index in [4.69, 9.17) is 6.42 Å². The molecule has 3 aromatic rings. The van der Waals surface area contributed by atoms with Crippen LogP contribution in [0.1, 0.15) is 18.1 Å². The lowest BCUT2D eigenvalue weighted by molar-refractivity contribution is -0.114. The summed E-state index contributed by atoms with van der Waals surface area (Å²) < 4.78 is 0. The molecule has 3 rings (SSSR count). The third-order valence-electron chi connectivity index (χ3n) is 3.90. The van der Waals surface area contributed by atoms with E-state index in [1.54, 1.807) is 18.3 Å². The number of phenols is 1. The predicted molar refractivity (Wildman–Crippen MR) is 111 cm³/mol. The van der Waals surface area contributed by atoms with Crippen molar-refractivity contribution in [2.45, 2.75) is 13.5 Å². The highest BCUT2D eigenvalue weighted by Gasteiger charge is 2.09. The van der Waals surface area contributed by atoms with Gasteiger partial charge >= 0.3 is 0 Å². The molecule has 142 valence electrons. The largest absolute Gasteiger partial charge is 0.506 e. The van der Waals surface area contributed by atoms with Gasteiger partial charge in [0.1, 0.15) is 11.3 Å². The SMILES string of the molecule is C#Cc1cc(O)c2nc(Nc3cc(CN(C)C)cc(NC(C)=O)c3)ncc2c1. The number of terminal acetylenes is 1. The molecule has 7 nitrogen and oxygen atoms in total. The monoisotopic (exact) mass is 375 g/mol. The van der Waals surface area contributed by atoms with E-state index in [1.165, 1.54) is 13.0 Å². The Balaban J connectivity index is 1.96. The fourth-order valence-electron chi connectivity index (χ4n) is 2.90. The maximum absolute atomic E-state index is 11.4. The second kappa shape index (κ2) is 7.94. The molecule has 7 heteroatoms. The van der Waals surface area contributed by atoms with E-state index in [2.05, 4.69) is 26.5 Å². The molecular formula is C21H21N5O2.